The van der Waals surface area contributed by atoms with Crippen LogP contribution in [0.4, 0.5) is 5.69 Å². The fraction of sp³-hybridized carbons (Fsp3) is 0.364. The fourth-order valence-electron chi connectivity index (χ4n) is 3.52. The lowest BCUT2D eigenvalue weighted by atomic mass is 9.96. The van der Waals surface area contributed by atoms with E-state index in [1.54, 1.807) is 7.11 Å². The molecule has 1 aliphatic rings. The second kappa shape index (κ2) is 9.37. The molecule has 6 heteroatoms. The van der Waals surface area contributed by atoms with Gasteiger partial charge in [-0.3, -0.25) is 9.59 Å². The van der Waals surface area contributed by atoms with Gasteiger partial charge >= 0.3 is 5.97 Å². The number of methoxy groups -OCH3 is 1. The monoisotopic (exact) mass is 382 g/mol. The maximum Gasteiger partial charge on any atom is 0.304 e. The molecule has 1 fully saturated rings. The second-order valence-corrected chi connectivity index (χ2v) is 7.08. The molecule has 0 radical (unpaired) electrons. The van der Waals surface area contributed by atoms with Gasteiger partial charge in [0, 0.05) is 18.8 Å². The Morgan fingerprint density at radius 3 is 2.68 bits per heavy atom. The van der Waals surface area contributed by atoms with E-state index in [1.807, 2.05) is 48.5 Å². The number of rotatable bonds is 7. The molecule has 1 aliphatic heterocycles. The molecule has 2 aromatic carbocycles. The molecule has 0 spiro atoms. The number of likely N-dealkylation sites (tertiary alicyclic amines) is 1. The zero-order valence-corrected chi connectivity index (χ0v) is 16.1. The van der Waals surface area contributed by atoms with Crippen molar-refractivity contribution in [3.05, 3.63) is 48.5 Å². The third-order valence-corrected chi connectivity index (χ3v) is 5.07. The van der Waals surface area contributed by atoms with Crippen LogP contribution < -0.4 is 10.1 Å². The number of carboxylic acids is 1. The van der Waals surface area contributed by atoms with Gasteiger partial charge in [-0.05, 0) is 54.8 Å². The van der Waals surface area contributed by atoms with Gasteiger partial charge in [0.2, 0.25) is 5.91 Å². The van der Waals surface area contributed by atoms with Crippen LogP contribution in [0, 0.1) is 5.92 Å². The van der Waals surface area contributed by atoms with Gasteiger partial charge in [-0.1, -0.05) is 24.3 Å². The minimum absolute atomic E-state index is 0.00541. The molecule has 28 heavy (non-hydrogen) atoms. The standard InChI is InChI=1S/C22H26N2O4/c1-28-20-6-2-4-17(14-20)16-7-9-19(10-8-16)23-22(27)18-5-3-12-24(15-18)13-11-21(25)26/h2,4,6-10,14,18H,3,5,11-13,15H2,1H3,(H,23,27)(H,25,26)/t18-/m1/s1. The predicted octanol–water partition coefficient (Wildman–Crippen LogP) is 3.49. The lowest BCUT2D eigenvalue weighted by Gasteiger charge is -2.31. The van der Waals surface area contributed by atoms with Crippen molar-refractivity contribution in [1.82, 2.24) is 4.90 Å². The molecule has 0 bridgehead atoms. The topological polar surface area (TPSA) is 78.9 Å². The highest BCUT2D eigenvalue weighted by atomic mass is 16.5. The van der Waals surface area contributed by atoms with Crippen molar-refractivity contribution in [2.45, 2.75) is 19.3 Å². The van der Waals surface area contributed by atoms with Crippen molar-refractivity contribution in [3.8, 4) is 16.9 Å². The Labute approximate surface area is 165 Å². The van der Waals surface area contributed by atoms with Crippen molar-refractivity contribution in [1.29, 1.82) is 0 Å². The highest BCUT2D eigenvalue weighted by Gasteiger charge is 2.26. The summed E-state index contributed by atoms with van der Waals surface area (Å²) in [6.45, 7) is 1.96. The average molecular weight is 382 g/mol. The van der Waals surface area contributed by atoms with Gasteiger partial charge in [0.05, 0.1) is 19.4 Å². The minimum Gasteiger partial charge on any atom is -0.497 e. The first-order valence-corrected chi connectivity index (χ1v) is 9.54. The third kappa shape index (κ3) is 5.33. The maximum atomic E-state index is 12.6. The number of carbonyl (C=O) groups is 2. The number of carboxylic acid groups (broad SMARTS) is 1. The van der Waals surface area contributed by atoms with Crippen molar-refractivity contribution in [3.63, 3.8) is 0 Å². The summed E-state index contributed by atoms with van der Waals surface area (Å²) in [4.78, 5) is 25.4. The molecule has 1 heterocycles. The minimum atomic E-state index is -0.803. The number of amides is 1. The van der Waals surface area contributed by atoms with Gasteiger partial charge in [0.25, 0.3) is 0 Å². The molecule has 0 saturated carbocycles. The highest BCUT2D eigenvalue weighted by Crippen LogP contribution is 2.25. The fourth-order valence-corrected chi connectivity index (χ4v) is 3.52. The number of ether oxygens (including phenoxy) is 1. The number of hydrogen-bond acceptors (Lipinski definition) is 4. The quantitative estimate of drug-likeness (QED) is 0.766. The lowest BCUT2D eigenvalue weighted by Crippen LogP contribution is -2.41. The summed E-state index contributed by atoms with van der Waals surface area (Å²) >= 11 is 0. The van der Waals surface area contributed by atoms with E-state index < -0.39 is 5.97 Å². The van der Waals surface area contributed by atoms with Gasteiger partial charge in [0.1, 0.15) is 5.75 Å². The van der Waals surface area contributed by atoms with Crippen LogP contribution in [0.15, 0.2) is 48.5 Å². The summed E-state index contributed by atoms with van der Waals surface area (Å²) in [6.07, 6.45) is 1.85. The molecule has 3 rings (SSSR count). The number of benzene rings is 2. The molecule has 1 atom stereocenters. The normalized spacial score (nSPS) is 17.1. The van der Waals surface area contributed by atoms with E-state index in [2.05, 4.69) is 10.2 Å². The molecule has 2 aromatic rings. The van der Waals surface area contributed by atoms with Gasteiger partial charge < -0.3 is 20.1 Å². The van der Waals surface area contributed by atoms with Crippen molar-refractivity contribution >= 4 is 17.6 Å². The first kappa shape index (κ1) is 19.9. The van der Waals surface area contributed by atoms with Crippen LogP contribution in [0.3, 0.4) is 0 Å². The van der Waals surface area contributed by atoms with Gasteiger partial charge in [-0.25, -0.2) is 0 Å². The summed E-state index contributed by atoms with van der Waals surface area (Å²) in [7, 11) is 1.64. The molecule has 1 saturated heterocycles. The van der Waals surface area contributed by atoms with Crippen LogP contribution >= 0.6 is 0 Å². The van der Waals surface area contributed by atoms with E-state index in [1.165, 1.54) is 0 Å². The molecule has 0 aromatic heterocycles. The maximum absolute atomic E-state index is 12.6. The summed E-state index contributed by atoms with van der Waals surface area (Å²) in [5.41, 5.74) is 2.87. The number of carbonyl (C=O) groups excluding carboxylic acids is 1. The van der Waals surface area contributed by atoms with Crippen molar-refractivity contribution < 1.29 is 19.4 Å². The Kier molecular flexibility index (Phi) is 6.66. The Hall–Kier alpha value is -2.86. The Balaban J connectivity index is 1.58. The van der Waals surface area contributed by atoms with Crippen LogP contribution in [-0.4, -0.2) is 48.6 Å². The van der Waals surface area contributed by atoms with Gasteiger partial charge in [-0.2, -0.15) is 0 Å². The number of nitrogens with one attached hydrogen (secondary N) is 1. The van der Waals surface area contributed by atoms with E-state index in [9.17, 15) is 9.59 Å². The Bertz CT molecular complexity index is 820. The number of hydrogen-bond donors (Lipinski definition) is 2. The Morgan fingerprint density at radius 2 is 1.96 bits per heavy atom. The first-order chi connectivity index (χ1) is 13.5. The molecule has 0 unspecified atom stereocenters. The number of aliphatic carboxylic acids is 1. The smallest absolute Gasteiger partial charge is 0.304 e. The number of anilines is 1. The lowest BCUT2D eigenvalue weighted by molar-refractivity contribution is -0.137. The number of piperidine rings is 1. The highest BCUT2D eigenvalue weighted by molar-refractivity contribution is 5.93. The third-order valence-electron chi connectivity index (χ3n) is 5.07. The van der Waals surface area contributed by atoms with Crippen LogP contribution in [-0.2, 0) is 9.59 Å². The van der Waals surface area contributed by atoms with E-state index in [0.29, 0.717) is 13.1 Å². The van der Waals surface area contributed by atoms with Crippen molar-refractivity contribution in [2.24, 2.45) is 5.92 Å². The summed E-state index contributed by atoms with van der Waals surface area (Å²) in [6, 6.07) is 15.6. The SMILES string of the molecule is COc1cccc(-c2ccc(NC(=O)[C@@H]3CCCN(CCC(=O)O)C3)cc2)c1. The van der Waals surface area contributed by atoms with E-state index in [0.717, 1.165) is 42.0 Å². The molecule has 148 valence electrons. The Morgan fingerprint density at radius 1 is 1.18 bits per heavy atom. The van der Waals surface area contributed by atoms with Crippen LogP contribution in [0.1, 0.15) is 19.3 Å². The summed E-state index contributed by atoms with van der Waals surface area (Å²) in [5.74, 6) is -0.114. The first-order valence-electron chi connectivity index (χ1n) is 9.54. The van der Waals surface area contributed by atoms with E-state index >= 15 is 0 Å². The van der Waals surface area contributed by atoms with Crippen LogP contribution in [0.25, 0.3) is 11.1 Å². The van der Waals surface area contributed by atoms with Gasteiger partial charge in [-0.15, -0.1) is 0 Å². The second-order valence-electron chi connectivity index (χ2n) is 7.08. The summed E-state index contributed by atoms with van der Waals surface area (Å²) < 4.78 is 5.27. The van der Waals surface area contributed by atoms with E-state index in [-0.39, 0.29) is 18.2 Å². The van der Waals surface area contributed by atoms with Crippen molar-refractivity contribution in [2.75, 3.05) is 32.1 Å². The predicted molar refractivity (Wildman–Crippen MR) is 108 cm³/mol. The number of nitrogens with zero attached hydrogens (tertiary/aromatic N) is 1. The van der Waals surface area contributed by atoms with Crippen LogP contribution in [0.5, 0.6) is 5.75 Å². The summed E-state index contributed by atoms with van der Waals surface area (Å²) in [5, 5.41) is 11.8. The molecule has 1 amide bonds. The molecule has 2 N–H and O–H groups in total. The van der Waals surface area contributed by atoms with E-state index in [4.69, 9.17) is 9.84 Å². The van der Waals surface area contributed by atoms with Crippen LogP contribution in [0.2, 0.25) is 0 Å². The molecular weight excluding hydrogens is 356 g/mol. The van der Waals surface area contributed by atoms with Gasteiger partial charge in [0.15, 0.2) is 0 Å². The largest absolute Gasteiger partial charge is 0.497 e. The molecule has 0 aliphatic carbocycles. The molecular formula is C22H26N2O4. The average Bonchev–Trinajstić information content (AvgIpc) is 2.73. The zero-order chi connectivity index (χ0) is 19.9. The zero-order valence-electron chi connectivity index (χ0n) is 16.1. The molecule has 6 nitrogen and oxygen atoms in total.